The molecule has 1 aliphatic carbocycles. The van der Waals surface area contributed by atoms with Gasteiger partial charge in [-0.1, -0.05) is 32.0 Å². The van der Waals surface area contributed by atoms with Crippen LogP contribution in [0.4, 0.5) is 13.2 Å². The SMILES string of the molecule is CCN(CC)CC1CCN(C(=NC)NC2CC2c2ccccc2OC(F)(F)F)C1.I. The largest absolute Gasteiger partial charge is 0.573 e. The monoisotopic (exact) mass is 540 g/mol. The van der Waals surface area contributed by atoms with E-state index < -0.39 is 6.36 Å². The smallest absolute Gasteiger partial charge is 0.405 e. The lowest BCUT2D eigenvalue weighted by Crippen LogP contribution is -2.42. The number of para-hydroxylation sites is 1. The molecule has 3 atom stereocenters. The van der Waals surface area contributed by atoms with Gasteiger partial charge in [0.1, 0.15) is 5.75 Å². The number of benzene rings is 1. The molecule has 3 unspecified atom stereocenters. The molecule has 0 radical (unpaired) electrons. The minimum Gasteiger partial charge on any atom is -0.405 e. The van der Waals surface area contributed by atoms with E-state index in [0.717, 1.165) is 51.5 Å². The summed E-state index contributed by atoms with van der Waals surface area (Å²) in [6.07, 6.45) is -2.78. The molecule has 0 bridgehead atoms. The van der Waals surface area contributed by atoms with Crippen molar-refractivity contribution in [3.8, 4) is 5.75 Å². The average molecular weight is 540 g/mol. The number of alkyl halides is 3. The summed E-state index contributed by atoms with van der Waals surface area (Å²) in [6.45, 7) is 9.49. The number of rotatable bonds is 7. The molecular formula is C21H32F3IN4O. The summed E-state index contributed by atoms with van der Waals surface area (Å²) >= 11 is 0. The topological polar surface area (TPSA) is 40.1 Å². The van der Waals surface area contributed by atoms with Gasteiger partial charge in [-0.2, -0.15) is 0 Å². The molecule has 1 aromatic carbocycles. The minimum absolute atomic E-state index is 0. The van der Waals surface area contributed by atoms with Gasteiger partial charge < -0.3 is 19.9 Å². The second-order valence-corrected chi connectivity index (χ2v) is 7.81. The Balaban J connectivity index is 0.00000320. The molecule has 1 aromatic rings. The summed E-state index contributed by atoms with van der Waals surface area (Å²) in [5, 5.41) is 3.45. The molecule has 9 heteroatoms. The fourth-order valence-electron chi connectivity index (χ4n) is 4.19. The second-order valence-electron chi connectivity index (χ2n) is 7.81. The van der Waals surface area contributed by atoms with Crippen LogP contribution in [0.25, 0.3) is 0 Å². The van der Waals surface area contributed by atoms with Crippen molar-refractivity contribution in [2.75, 3.05) is 39.8 Å². The predicted molar refractivity (Wildman–Crippen MR) is 124 cm³/mol. The number of hydrogen-bond acceptors (Lipinski definition) is 3. The lowest BCUT2D eigenvalue weighted by Gasteiger charge is -2.24. The molecule has 0 spiro atoms. The van der Waals surface area contributed by atoms with Crippen molar-refractivity contribution in [2.45, 2.75) is 45.0 Å². The zero-order valence-electron chi connectivity index (χ0n) is 17.8. The summed E-state index contributed by atoms with van der Waals surface area (Å²) < 4.78 is 42.3. The van der Waals surface area contributed by atoms with E-state index in [1.165, 1.54) is 6.07 Å². The van der Waals surface area contributed by atoms with Gasteiger partial charge in [0.15, 0.2) is 5.96 Å². The van der Waals surface area contributed by atoms with Crippen LogP contribution in [-0.4, -0.2) is 67.9 Å². The fraction of sp³-hybridized carbons (Fsp3) is 0.667. The van der Waals surface area contributed by atoms with E-state index >= 15 is 0 Å². The van der Waals surface area contributed by atoms with Crippen molar-refractivity contribution in [3.63, 3.8) is 0 Å². The Hall–Kier alpha value is -1.23. The van der Waals surface area contributed by atoms with Crippen molar-refractivity contribution >= 4 is 29.9 Å². The van der Waals surface area contributed by atoms with Crippen LogP contribution in [0.15, 0.2) is 29.3 Å². The number of ether oxygens (including phenoxy) is 1. The summed E-state index contributed by atoms with van der Waals surface area (Å²) in [6, 6.07) is 6.49. The maximum Gasteiger partial charge on any atom is 0.573 e. The highest BCUT2D eigenvalue weighted by Gasteiger charge is 2.43. The van der Waals surface area contributed by atoms with Gasteiger partial charge in [0.25, 0.3) is 0 Å². The molecule has 30 heavy (non-hydrogen) atoms. The molecule has 0 amide bonds. The van der Waals surface area contributed by atoms with Gasteiger partial charge in [-0.3, -0.25) is 4.99 Å². The van der Waals surface area contributed by atoms with E-state index in [0.29, 0.717) is 11.5 Å². The highest BCUT2D eigenvalue weighted by Crippen LogP contribution is 2.45. The first-order valence-corrected chi connectivity index (χ1v) is 10.4. The Morgan fingerprint density at radius 2 is 1.97 bits per heavy atom. The van der Waals surface area contributed by atoms with Gasteiger partial charge in [-0.05, 0) is 43.5 Å². The van der Waals surface area contributed by atoms with E-state index in [9.17, 15) is 13.2 Å². The number of halogens is 4. The van der Waals surface area contributed by atoms with Crippen LogP contribution < -0.4 is 10.1 Å². The third-order valence-electron chi connectivity index (χ3n) is 5.86. The van der Waals surface area contributed by atoms with Crippen molar-refractivity contribution in [1.82, 2.24) is 15.1 Å². The van der Waals surface area contributed by atoms with E-state index in [1.54, 1.807) is 25.2 Å². The molecular weight excluding hydrogens is 508 g/mol. The molecule has 2 aliphatic rings. The maximum atomic E-state index is 12.7. The molecule has 3 rings (SSSR count). The van der Waals surface area contributed by atoms with Crippen LogP contribution in [0.1, 0.15) is 38.2 Å². The molecule has 1 saturated carbocycles. The number of hydrogen-bond donors (Lipinski definition) is 1. The van der Waals surface area contributed by atoms with E-state index in [-0.39, 0.29) is 41.7 Å². The summed E-state index contributed by atoms with van der Waals surface area (Å²) in [4.78, 5) is 9.13. The second kappa shape index (κ2) is 10.9. The molecule has 170 valence electrons. The van der Waals surface area contributed by atoms with Gasteiger partial charge in [-0.25, -0.2) is 0 Å². The lowest BCUT2D eigenvalue weighted by molar-refractivity contribution is -0.274. The first-order valence-electron chi connectivity index (χ1n) is 10.4. The number of aliphatic imine (C=N–C) groups is 1. The molecule has 1 aliphatic heterocycles. The number of nitrogens with one attached hydrogen (secondary N) is 1. The fourth-order valence-corrected chi connectivity index (χ4v) is 4.19. The average Bonchev–Trinajstić information content (AvgIpc) is 3.29. The van der Waals surface area contributed by atoms with Crippen LogP contribution in [0.3, 0.4) is 0 Å². The van der Waals surface area contributed by atoms with Crippen molar-refractivity contribution in [2.24, 2.45) is 10.9 Å². The van der Waals surface area contributed by atoms with Gasteiger partial charge in [-0.15, -0.1) is 37.1 Å². The Morgan fingerprint density at radius 1 is 1.27 bits per heavy atom. The Bertz CT molecular complexity index is 712. The summed E-state index contributed by atoms with van der Waals surface area (Å²) in [5.74, 6) is 1.35. The standard InChI is InChI=1S/C21H31F3N4O.HI/c1-4-27(5-2)13-15-10-11-28(14-15)20(25-3)26-18-12-17(18)16-8-6-7-9-19(16)29-21(22,23)24;/h6-9,15,17-18H,4-5,10-14H2,1-3H3,(H,25,26);1H. The Labute approximate surface area is 194 Å². The normalized spacial score (nSPS) is 24.0. The van der Waals surface area contributed by atoms with E-state index in [2.05, 4.69) is 38.7 Å². The van der Waals surface area contributed by atoms with Gasteiger partial charge in [0, 0.05) is 38.6 Å². The molecule has 2 fully saturated rings. The number of likely N-dealkylation sites (tertiary alicyclic amines) is 1. The lowest BCUT2D eigenvalue weighted by atomic mass is 10.1. The van der Waals surface area contributed by atoms with Gasteiger partial charge in [0.2, 0.25) is 0 Å². The quantitative estimate of drug-likeness (QED) is 0.318. The van der Waals surface area contributed by atoms with Gasteiger partial charge in [0.05, 0.1) is 0 Å². The van der Waals surface area contributed by atoms with E-state index in [4.69, 9.17) is 0 Å². The Morgan fingerprint density at radius 3 is 2.60 bits per heavy atom. The Kier molecular flexibility index (Phi) is 9.08. The first-order chi connectivity index (χ1) is 13.8. The van der Waals surface area contributed by atoms with Crippen LogP contribution in [-0.2, 0) is 0 Å². The van der Waals surface area contributed by atoms with Crippen LogP contribution in [0, 0.1) is 5.92 Å². The third-order valence-corrected chi connectivity index (χ3v) is 5.86. The summed E-state index contributed by atoms with van der Waals surface area (Å²) in [7, 11) is 1.76. The number of guanidine groups is 1. The summed E-state index contributed by atoms with van der Waals surface area (Å²) in [5.41, 5.74) is 0.596. The van der Waals surface area contributed by atoms with Crippen molar-refractivity contribution < 1.29 is 17.9 Å². The zero-order chi connectivity index (χ0) is 21.0. The maximum absolute atomic E-state index is 12.7. The van der Waals surface area contributed by atoms with Crippen LogP contribution >= 0.6 is 24.0 Å². The predicted octanol–water partition coefficient (Wildman–Crippen LogP) is 4.30. The third kappa shape index (κ3) is 6.63. The molecule has 1 saturated heterocycles. The molecule has 1 heterocycles. The van der Waals surface area contributed by atoms with Crippen molar-refractivity contribution in [1.29, 1.82) is 0 Å². The first kappa shape index (κ1) is 25.0. The highest BCUT2D eigenvalue weighted by molar-refractivity contribution is 14.0. The van der Waals surface area contributed by atoms with Crippen molar-refractivity contribution in [3.05, 3.63) is 29.8 Å². The van der Waals surface area contributed by atoms with Crippen LogP contribution in [0.5, 0.6) is 5.75 Å². The molecule has 0 aromatic heterocycles. The highest BCUT2D eigenvalue weighted by atomic mass is 127. The molecule has 1 N–H and O–H groups in total. The minimum atomic E-state index is -4.68. The zero-order valence-corrected chi connectivity index (χ0v) is 20.1. The molecule has 5 nitrogen and oxygen atoms in total. The van der Waals surface area contributed by atoms with Crippen LogP contribution in [0.2, 0.25) is 0 Å². The van der Waals surface area contributed by atoms with E-state index in [1.807, 2.05) is 0 Å². The number of nitrogens with zero attached hydrogens (tertiary/aromatic N) is 3. The van der Waals surface area contributed by atoms with Gasteiger partial charge >= 0.3 is 6.36 Å².